The van der Waals surface area contributed by atoms with Gasteiger partial charge in [0.2, 0.25) is 18.6 Å². The van der Waals surface area contributed by atoms with Crippen LogP contribution in [0, 0.1) is 6.92 Å². The summed E-state index contributed by atoms with van der Waals surface area (Å²) in [4.78, 5) is 26.3. The second-order valence-corrected chi connectivity index (χ2v) is 6.12. The minimum atomic E-state index is -0.307. The molecule has 0 saturated carbocycles. The topological polar surface area (TPSA) is 67.9 Å². The molecule has 0 aliphatic carbocycles. The number of ether oxygens (including phenoxy) is 2. The molecule has 0 aromatic heterocycles. The number of carbonyl (C=O) groups is 2. The van der Waals surface area contributed by atoms with Crippen molar-refractivity contribution in [3.8, 4) is 11.5 Å². The average molecular weight is 354 g/mol. The van der Waals surface area contributed by atoms with Gasteiger partial charge in [-0.15, -0.1) is 0 Å². The van der Waals surface area contributed by atoms with Crippen LogP contribution in [0.1, 0.15) is 24.5 Å². The maximum atomic E-state index is 12.5. The van der Waals surface area contributed by atoms with Crippen LogP contribution in [0.5, 0.6) is 11.5 Å². The summed E-state index contributed by atoms with van der Waals surface area (Å²) >= 11 is 0. The zero-order chi connectivity index (χ0) is 18.5. The Kier molecular flexibility index (Phi) is 5.41. The van der Waals surface area contributed by atoms with Gasteiger partial charge in [-0.2, -0.15) is 0 Å². The van der Waals surface area contributed by atoms with Crippen molar-refractivity contribution >= 4 is 17.5 Å². The highest BCUT2D eigenvalue weighted by molar-refractivity contribution is 6.04. The molecule has 136 valence electrons. The van der Waals surface area contributed by atoms with Crippen molar-refractivity contribution in [2.75, 3.05) is 18.2 Å². The van der Waals surface area contributed by atoms with Crippen LogP contribution in [0.15, 0.2) is 42.5 Å². The second kappa shape index (κ2) is 7.91. The van der Waals surface area contributed by atoms with Crippen molar-refractivity contribution in [2.24, 2.45) is 0 Å². The fourth-order valence-corrected chi connectivity index (χ4v) is 2.85. The Morgan fingerprint density at radius 3 is 2.69 bits per heavy atom. The molecule has 1 aliphatic rings. The molecule has 1 aliphatic heterocycles. The molecule has 0 bridgehead atoms. The van der Waals surface area contributed by atoms with Crippen LogP contribution in [-0.4, -0.2) is 25.2 Å². The minimum absolute atomic E-state index is 0.188. The van der Waals surface area contributed by atoms with Gasteiger partial charge in [0, 0.05) is 18.8 Å². The molecule has 6 heteroatoms. The fraction of sp³-hybridized carbons (Fsp3) is 0.300. The van der Waals surface area contributed by atoms with Gasteiger partial charge in [-0.05, 0) is 49.2 Å². The quantitative estimate of drug-likeness (QED) is 0.810. The van der Waals surface area contributed by atoms with Gasteiger partial charge in [0.25, 0.3) is 0 Å². The van der Waals surface area contributed by atoms with E-state index in [0.717, 1.165) is 16.8 Å². The molecule has 0 fully saturated rings. The average Bonchev–Trinajstić information content (AvgIpc) is 3.08. The van der Waals surface area contributed by atoms with Crippen LogP contribution < -0.4 is 19.7 Å². The molecule has 0 spiro atoms. The van der Waals surface area contributed by atoms with E-state index in [-0.39, 0.29) is 25.0 Å². The second-order valence-electron chi connectivity index (χ2n) is 6.12. The fourth-order valence-electron chi connectivity index (χ4n) is 2.85. The first kappa shape index (κ1) is 17.8. The van der Waals surface area contributed by atoms with Crippen molar-refractivity contribution in [1.82, 2.24) is 5.32 Å². The Labute approximate surface area is 152 Å². The van der Waals surface area contributed by atoms with E-state index in [0.29, 0.717) is 24.6 Å². The molecule has 0 saturated heterocycles. The summed E-state index contributed by atoms with van der Waals surface area (Å²) in [5, 5.41) is 2.78. The van der Waals surface area contributed by atoms with E-state index in [1.807, 2.05) is 56.3 Å². The molecule has 2 aromatic carbocycles. The van der Waals surface area contributed by atoms with Crippen molar-refractivity contribution in [3.05, 3.63) is 53.6 Å². The monoisotopic (exact) mass is 354 g/mol. The van der Waals surface area contributed by atoms with Crippen LogP contribution in [0.2, 0.25) is 0 Å². The Bertz CT molecular complexity index is 819. The lowest BCUT2D eigenvalue weighted by atomic mass is 10.2. The van der Waals surface area contributed by atoms with Crippen molar-refractivity contribution in [2.45, 2.75) is 26.8 Å². The highest BCUT2D eigenvalue weighted by Crippen LogP contribution is 2.32. The van der Waals surface area contributed by atoms with E-state index in [2.05, 4.69) is 5.32 Å². The third-order valence-electron chi connectivity index (χ3n) is 4.17. The van der Waals surface area contributed by atoms with E-state index in [4.69, 9.17) is 9.47 Å². The predicted molar refractivity (Wildman–Crippen MR) is 98.2 cm³/mol. The Balaban J connectivity index is 1.56. The first-order chi connectivity index (χ1) is 12.6. The number of hydrogen-bond donors (Lipinski definition) is 1. The van der Waals surface area contributed by atoms with Gasteiger partial charge >= 0.3 is 0 Å². The summed E-state index contributed by atoms with van der Waals surface area (Å²) in [6, 6.07) is 13.2. The van der Waals surface area contributed by atoms with Gasteiger partial charge in [-0.25, -0.2) is 0 Å². The van der Waals surface area contributed by atoms with Crippen LogP contribution in [0.4, 0.5) is 5.69 Å². The van der Waals surface area contributed by atoms with E-state index < -0.39 is 0 Å². The molecule has 2 amide bonds. The summed E-state index contributed by atoms with van der Waals surface area (Å²) < 4.78 is 10.6. The normalized spacial score (nSPS) is 11.9. The number of nitrogens with one attached hydrogen (secondary N) is 1. The summed E-state index contributed by atoms with van der Waals surface area (Å²) in [5.74, 6) is 0.844. The van der Waals surface area contributed by atoms with Gasteiger partial charge in [-0.3, -0.25) is 9.59 Å². The van der Waals surface area contributed by atoms with Crippen molar-refractivity contribution < 1.29 is 19.1 Å². The number of benzene rings is 2. The van der Waals surface area contributed by atoms with Gasteiger partial charge in [0.15, 0.2) is 11.5 Å². The van der Waals surface area contributed by atoms with Crippen LogP contribution in [-0.2, 0) is 16.1 Å². The molecule has 26 heavy (non-hydrogen) atoms. The number of fused-ring (bicyclic) bond motifs is 1. The maximum absolute atomic E-state index is 12.5. The molecule has 2 aromatic rings. The van der Waals surface area contributed by atoms with Gasteiger partial charge in [0.05, 0.1) is 0 Å². The maximum Gasteiger partial charge on any atom is 0.236 e. The van der Waals surface area contributed by atoms with Gasteiger partial charge in [0.1, 0.15) is 6.42 Å². The standard InChI is InChI=1S/C20H22N2O4/c1-3-22(16-6-4-5-14(2)9-16)20(24)11-19(23)21-12-15-7-8-17-18(10-15)26-13-25-17/h4-10H,3,11-13H2,1-2H3,(H,21,23). The summed E-state index contributed by atoms with van der Waals surface area (Å²) in [6.45, 7) is 4.92. The van der Waals surface area contributed by atoms with E-state index in [9.17, 15) is 9.59 Å². The lowest BCUT2D eigenvalue weighted by molar-refractivity contribution is -0.128. The molecular weight excluding hydrogens is 332 g/mol. The SMILES string of the molecule is CCN(C(=O)CC(=O)NCc1ccc2c(c1)OCO2)c1cccc(C)c1. The number of amides is 2. The highest BCUT2D eigenvalue weighted by Gasteiger charge is 2.18. The molecule has 0 unspecified atom stereocenters. The molecule has 1 N–H and O–H groups in total. The zero-order valence-electron chi connectivity index (χ0n) is 15.0. The molecule has 1 heterocycles. The molecule has 3 rings (SSSR count). The third kappa shape index (κ3) is 4.14. The largest absolute Gasteiger partial charge is 0.454 e. The van der Waals surface area contributed by atoms with E-state index >= 15 is 0 Å². The molecule has 6 nitrogen and oxygen atoms in total. The lowest BCUT2D eigenvalue weighted by Crippen LogP contribution is -2.35. The lowest BCUT2D eigenvalue weighted by Gasteiger charge is -2.21. The summed E-state index contributed by atoms with van der Waals surface area (Å²) in [7, 11) is 0. The third-order valence-corrected chi connectivity index (χ3v) is 4.17. The Hall–Kier alpha value is -3.02. The number of rotatable bonds is 6. The summed E-state index contributed by atoms with van der Waals surface area (Å²) in [5.41, 5.74) is 2.77. The van der Waals surface area contributed by atoms with Gasteiger partial charge in [-0.1, -0.05) is 18.2 Å². The number of nitrogens with zero attached hydrogens (tertiary/aromatic N) is 1. The van der Waals surface area contributed by atoms with Gasteiger partial charge < -0.3 is 19.7 Å². The first-order valence-corrected chi connectivity index (χ1v) is 8.59. The minimum Gasteiger partial charge on any atom is -0.454 e. The number of aryl methyl sites for hydroxylation is 1. The highest BCUT2D eigenvalue weighted by atomic mass is 16.7. The first-order valence-electron chi connectivity index (χ1n) is 8.59. The number of carbonyl (C=O) groups excluding carboxylic acids is 2. The van der Waals surface area contributed by atoms with Crippen LogP contribution >= 0.6 is 0 Å². The summed E-state index contributed by atoms with van der Waals surface area (Å²) in [6.07, 6.45) is -0.188. The van der Waals surface area contributed by atoms with E-state index in [1.165, 1.54) is 0 Å². The van der Waals surface area contributed by atoms with Crippen molar-refractivity contribution in [1.29, 1.82) is 0 Å². The van der Waals surface area contributed by atoms with E-state index in [1.54, 1.807) is 4.90 Å². The number of anilines is 1. The Morgan fingerprint density at radius 1 is 1.12 bits per heavy atom. The Morgan fingerprint density at radius 2 is 1.92 bits per heavy atom. The molecule has 0 atom stereocenters. The van der Waals surface area contributed by atoms with Crippen LogP contribution in [0.25, 0.3) is 0 Å². The molecule has 0 radical (unpaired) electrons. The number of hydrogen-bond acceptors (Lipinski definition) is 4. The molecular formula is C20H22N2O4. The smallest absolute Gasteiger partial charge is 0.236 e. The zero-order valence-corrected chi connectivity index (χ0v) is 15.0. The van der Waals surface area contributed by atoms with Crippen molar-refractivity contribution in [3.63, 3.8) is 0 Å². The van der Waals surface area contributed by atoms with Crippen LogP contribution in [0.3, 0.4) is 0 Å². The predicted octanol–water partition coefficient (Wildman–Crippen LogP) is 2.78.